The Morgan fingerprint density at radius 1 is 0.571 bits per heavy atom. The molecule has 0 saturated carbocycles. The van der Waals surface area contributed by atoms with E-state index in [0.717, 1.165) is 0 Å². The van der Waals surface area contributed by atoms with E-state index >= 15 is 0 Å². The van der Waals surface area contributed by atoms with Crippen LogP contribution >= 0.6 is 0 Å². The van der Waals surface area contributed by atoms with Crippen molar-refractivity contribution in [2.45, 2.75) is 0 Å². The first-order valence-electron chi connectivity index (χ1n) is 3.85. The topological polar surface area (TPSA) is 36.9 Å². The fourth-order valence-corrected chi connectivity index (χ4v) is 0.700. The molecule has 74 valence electrons. The maximum Gasteiger partial charge on any atom is 0.657 e. The Morgan fingerprint density at radius 3 is 0.929 bits per heavy atom. The van der Waals surface area contributed by atoms with Gasteiger partial charge in [0.15, 0.2) is 0 Å². The Hall–Kier alpha value is -1.71. The van der Waals surface area contributed by atoms with Crippen LogP contribution in [0.2, 0.25) is 0 Å². The molecule has 0 N–H and O–H groups in total. The highest BCUT2D eigenvalue weighted by atomic mass is 16.6. The molecule has 0 fully saturated rings. The van der Waals surface area contributed by atoms with Crippen molar-refractivity contribution in [3.8, 4) is 0 Å². The summed E-state index contributed by atoms with van der Waals surface area (Å²) in [5.41, 5.74) is 0. The Morgan fingerprint density at radius 2 is 0.786 bits per heavy atom. The average Bonchev–Trinajstić information content (AvgIpc) is 2.17. The standard InChI is InChI=1S/C8H12B2O4/c1-5-11-9(12-6-2)10(13-7-3)14-8-4/h5-8H,1-4H2. The Kier molecular flexibility index (Phi) is 6.95. The maximum absolute atomic E-state index is 4.97. The SMILES string of the molecule is C=COB(OC=C)B(OC=C)OC=C. The predicted octanol–water partition coefficient (Wildman–Crippen LogP) is 1.68. The Labute approximate surface area is 84.8 Å². The smallest absolute Gasteiger partial charge is 0.533 e. The van der Waals surface area contributed by atoms with E-state index < -0.39 is 14.0 Å². The van der Waals surface area contributed by atoms with Gasteiger partial charge in [-0.3, -0.25) is 0 Å². The first kappa shape index (κ1) is 12.3. The molecule has 4 nitrogen and oxygen atoms in total. The van der Waals surface area contributed by atoms with E-state index in [1.807, 2.05) is 0 Å². The summed E-state index contributed by atoms with van der Waals surface area (Å²) in [7, 11) is -1.61. The van der Waals surface area contributed by atoms with Crippen molar-refractivity contribution in [1.82, 2.24) is 0 Å². The second-order valence-electron chi connectivity index (χ2n) is 1.95. The first-order valence-corrected chi connectivity index (χ1v) is 3.85. The second kappa shape index (κ2) is 7.91. The Balaban J connectivity index is 4.32. The summed E-state index contributed by atoms with van der Waals surface area (Å²) in [4.78, 5) is 0. The first-order chi connectivity index (χ1) is 6.79. The number of hydrogen-bond donors (Lipinski definition) is 0. The van der Waals surface area contributed by atoms with Crippen LogP contribution in [0, 0.1) is 0 Å². The van der Waals surface area contributed by atoms with Crippen LogP contribution in [0.1, 0.15) is 0 Å². The van der Waals surface area contributed by atoms with Crippen LogP contribution in [0.5, 0.6) is 0 Å². The molecule has 0 atom stereocenters. The van der Waals surface area contributed by atoms with E-state index in [2.05, 4.69) is 26.3 Å². The lowest BCUT2D eigenvalue weighted by Gasteiger charge is -2.15. The maximum atomic E-state index is 4.97. The van der Waals surface area contributed by atoms with E-state index in [-0.39, 0.29) is 0 Å². The molecule has 0 saturated heterocycles. The van der Waals surface area contributed by atoms with Crippen molar-refractivity contribution in [1.29, 1.82) is 0 Å². The molecule has 0 radical (unpaired) electrons. The summed E-state index contributed by atoms with van der Waals surface area (Å²) in [6.45, 7) is 13.5. The van der Waals surface area contributed by atoms with Gasteiger partial charge in [-0.2, -0.15) is 0 Å². The quantitative estimate of drug-likeness (QED) is 0.413. The third kappa shape index (κ3) is 4.35. The van der Waals surface area contributed by atoms with Crippen molar-refractivity contribution in [2.75, 3.05) is 0 Å². The van der Waals surface area contributed by atoms with Gasteiger partial charge in [0.1, 0.15) is 0 Å². The van der Waals surface area contributed by atoms with Gasteiger partial charge < -0.3 is 18.6 Å². The normalized spacial score (nSPS) is 7.71. The molecule has 0 amide bonds. The molecule has 0 aromatic carbocycles. The lowest BCUT2D eigenvalue weighted by Crippen LogP contribution is -2.42. The summed E-state index contributed by atoms with van der Waals surface area (Å²) < 4.78 is 19.9. The minimum atomic E-state index is -0.805. The predicted molar refractivity (Wildman–Crippen MR) is 56.6 cm³/mol. The van der Waals surface area contributed by atoms with Crippen molar-refractivity contribution < 1.29 is 18.6 Å². The van der Waals surface area contributed by atoms with Crippen LogP contribution in [0.4, 0.5) is 0 Å². The summed E-state index contributed by atoms with van der Waals surface area (Å²) >= 11 is 0. The van der Waals surface area contributed by atoms with Crippen molar-refractivity contribution in [3.63, 3.8) is 0 Å². The van der Waals surface area contributed by atoms with Crippen molar-refractivity contribution in [2.24, 2.45) is 0 Å². The van der Waals surface area contributed by atoms with E-state index in [4.69, 9.17) is 18.6 Å². The van der Waals surface area contributed by atoms with Gasteiger partial charge >= 0.3 is 14.0 Å². The van der Waals surface area contributed by atoms with Gasteiger partial charge in [-0.25, -0.2) is 0 Å². The van der Waals surface area contributed by atoms with Gasteiger partial charge in [-0.15, -0.1) is 0 Å². The van der Waals surface area contributed by atoms with Crippen LogP contribution in [0.15, 0.2) is 51.4 Å². The highest BCUT2D eigenvalue weighted by Crippen LogP contribution is 2.01. The van der Waals surface area contributed by atoms with Crippen LogP contribution < -0.4 is 0 Å². The zero-order valence-electron chi connectivity index (χ0n) is 7.93. The van der Waals surface area contributed by atoms with Crippen molar-refractivity contribution in [3.05, 3.63) is 51.4 Å². The number of rotatable bonds is 9. The van der Waals surface area contributed by atoms with Crippen LogP contribution in [0.3, 0.4) is 0 Å². The minimum Gasteiger partial charge on any atom is -0.533 e. The third-order valence-electron chi connectivity index (χ3n) is 1.14. The fourth-order valence-electron chi connectivity index (χ4n) is 0.700. The average molecular weight is 194 g/mol. The number of hydrogen-bond acceptors (Lipinski definition) is 4. The zero-order chi connectivity index (χ0) is 10.8. The molecule has 0 heterocycles. The molecule has 0 spiro atoms. The zero-order valence-corrected chi connectivity index (χ0v) is 7.93. The minimum absolute atomic E-state index is 0.805. The summed E-state index contributed by atoms with van der Waals surface area (Å²) in [6.07, 6.45) is 4.83. The monoisotopic (exact) mass is 194 g/mol. The largest absolute Gasteiger partial charge is 0.657 e. The molecule has 14 heavy (non-hydrogen) atoms. The highest BCUT2D eigenvalue weighted by molar-refractivity contribution is 7.10. The van der Waals surface area contributed by atoms with Gasteiger partial charge in [-0.1, -0.05) is 26.3 Å². The van der Waals surface area contributed by atoms with Gasteiger partial charge in [-0.05, 0) is 0 Å². The molecular formula is C8H12B2O4. The molecule has 0 rings (SSSR count). The lowest BCUT2D eigenvalue weighted by molar-refractivity contribution is 0.308. The highest BCUT2D eigenvalue weighted by Gasteiger charge is 2.45. The summed E-state index contributed by atoms with van der Waals surface area (Å²) in [5.74, 6) is 0. The Bertz CT molecular complexity index is 166. The van der Waals surface area contributed by atoms with E-state index in [1.54, 1.807) is 0 Å². The molecule has 0 aromatic rings. The van der Waals surface area contributed by atoms with E-state index in [9.17, 15) is 0 Å². The van der Waals surface area contributed by atoms with Crippen LogP contribution in [-0.2, 0) is 18.6 Å². The third-order valence-corrected chi connectivity index (χ3v) is 1.14. The molecule has 6 heteroatoms. The molecule has 0 aliphatic carbocycles. The second-order valence-corrected chi connectivity index (χ2v) is 1.95. The van der Waals surface area contributed by atoms with Crippen LogP contribution in [-0.4, -0.2) is 14.0 Å². The fraction of sp³-hybridized carbons (Fsp3) is 0. The van der Waals surface area contributed by atoms with Gasteiger partial charge in [0.2, 0.25) is 0 Å². The molecule has 0 unspecified atom stereocenters. The molecule has 0 aliphatic rings. The lowest BCUT2D eigenvalue weighted by atomic mass is 9.48. The molecule has 0 aromatic heterocycles. The van der Waals surface area contributed by atoms with Gasteiger partial charge in [0.05, 0.1) is 25.0 Å². The van der Waals surface area contributed by atoms with E-state index in [0.29, 0.717) is 0 Å². The van der Waals surface area contributed by atoms with Gasteiger partial charge in [0.25, 0.3) is 0 Å². The molecule has 0 bridgehead atoms. The van der Waals surface area contributed by atoms with Crippen LogP contribution in [0.25, 0.3) is 0 Å². The molecular weight excluding hydrogens is 182 g/mol. The summed E-state index contributed by atoms with van der Waals surface area (Å²) in [6, 6.07) is 0. The summed E-state index contributed by atoms with van der Waals surface area (Å²) in [5, 5.41) is 0. The van der Waals surface area contributed by atoms with Gasteiger partial charge in [0, 0.05) is 0 Å². The van der Waals surface area contributed by atoms with Crippen molar-refractivity contribution >= 4 is 14.0 Å². The van der Waals surface area contributed by atoms with E-state index in [1.165, 1.54) is 25.0 Å². The molecule has 0 aliphatic heterocycles.